The molecule has 0 fully saturated rings. The second-order valence-electron chi connectivity index (χ2n) is 3.25. The van der Waals surface area contributed by atoms with Crippen LogP contribution in [-0.2, 0) is 17.1 Å². The molecule has 0 bridgehead atoms. The van der Waals surface area contributed by atoms with Crippen LogP contribution in [0.1, 0.15) is 10.6 Å². The molecule has 0 unspecified atom stereocenters. The van der Waals surface area contributed by atoms with E-state index in [0.717, 1.165) is 0 Å². The topological polar surface area (TPSA) is 94.2 Å². The second kappa shape index (κ2) is 4.06. The second-order valence-corrected chi connectivity index (χ2v) is 4.87. The number of aromatic nitrogens is 2. The van der Waals surface area contributed by atoms with Crippen LogP contribution in [0.2, 0.25) is 0 Å². The summed E-state index contributed by atoms with van der Waals surface area (Å²) in [6.45, 7) is 0. The Balaban J connectivity index is 2.27. The van der Waals surface area contributed by atoms with Gasteiger partial charge in [-0.1, -0.05) is 0 Å². The van der Waals surface area contributed by atoms with Gasteiger partial charge < -0.3 is 4.42 Å². The number of carbonyl (C=O) groups excluding carboxylic acids is 1. The molecule has 0 aliphatic rings. The molecule has 17 heavy (non-hydrogen) atoms. The third kappa shape index (κ3) is 2.36. The van der Waals surface area contributed by atoms with Crippen molar-refractivity contribution < 1.29 is 17.6 Å². The lowest BCUT2D eigenvalue weighted by molar-refractivity contribution is 0.109. The van der Waals surface area contributed by atoms with Crippen molar-refractivity contribution in [1.29, 1.82) is 0 Å². The first-order valence-electron chi connectivity index (χ1n) is 4.59. The Bertz CT molecular complexity index is 641. The van der Waals surface area contributed by atoms with Crippen LogP contribution < -0.4 is 4.72 Å². The van der Waals surface area contributed by atoms with Crippen LogP contribution >= 0.6 is 0 Å². The van der Waals surface area contributed by atoms with Crippen molar-refractivity contribution in [2.45, 2.75) is 5.09 Å². The van der Waals surface area contributed by atoms with E-state index in [1.165, 1.54) is 22.9 Å². The Morgan fingerprint density at radius 1 is 1.41 bits per heavy atom. The highest BCUT2D eigenvalue weighted by atomic mass is 32.2. The van der Waals surface area contributed by atoms with Crippen LogP contribution in [0.4, 0.5) is 5.82 Å². The van der Waals surface area contributed by atoms with E-state index < -0.39 is 10.0 Å². The fourth-order valence-corrected chi connectivity index (χ4v) is 2.14. The lowest BCUT2D eigenvalue weighted by atomic mass is 10.5. The molecule has 2 aromatic rings. The summed E-state index contributed by atoms with van der Waals surface area (Å²) in [6, 6.07) is 3.98. The van der Waals surface area contributed by atoms with E-state index in [4.69, 9.17) is 4.42 Å². The number of hydrogen-bond acceptors (Lipinski definition) is 5. The maximum atomic E-state index is 11.8. The molecule has 2 aromatic heterocycles. The Morgan fingerprint density at radius 3 is 2.71 bits per heavy atom. The SMILES string of the molecule is Cn1ccc(NS(=O)(=O)c2ccc(C=O)o2)n1. The summed E-state index contributed by atoms with van der Waals surface area (Å²) < 4.78 is 32.0. The molecule has 0 amide bonds. The highest BCUT2D eigenvalue weighted by molar-refractivity contribution is 7.92. The number of nitrogens with zero attached hydrogens (tertiary/aromatic N) is 2. The average Bonchev–Trinajstić information content (AvgIpc) is 2.86. The molecule has 0 saturated carbocycles. The number of carbonyl (C=O) groups is 1. The molecular formula is C9H9N3O4S. The average molecular weight is 255 g/mol. The Kier molecular flexibility index (Phi) is 2.72. The molecular weight excluding hydrogens is 246 g/mol. The molecule has 0 saturated heterocycles. The standard InChI is InChI=1S/C9H9N3O4S/c1-12-5-4-8(10-12)11-17(14,15)9-3-2-7(6-13)16-9/h2-6H,1H3,(H,10,11). The van der Waals surface area contributed by atoms with E-state index in [9.17, 15) is 13.2 Å². The summed E-state index contributed by atoms with van der Waals surface area (Å²) in [6.07, 6.45) is 2.02. The third-order valence-corrected chi connectivity index (χ3v) is 3.16. The van der Waals surface area contributed by atoms with Crippen molar-refractivity contribution in [3.05, 3.63) is 30.2 Å². The first-order valence-corrected chi connectivity index (χ1v) is 6.07. The van der Waals surface area contributed by atoms with Gasteiger partial charge in [-0.2, -0.15) is 13.5 Å². The predicted molar refractivity (Wildman–Crippen MR) is 58.1 cm³/mol. The zero-order valence-corrected chi connectivity index (χ0v) is 9.64. The van der Waals surface area contributed by atoms with Gasteiger partial charge in [-0.3, -0.25) is 14.2 Å². The fourth-order valence-electron chi connectivity index (χ4n) is 1.20. The number of furan rings is 1. The van der Waals surface area contributed by atoms with E-state index in [1.807, 2.05) is 0 Å². The largest absolute Gasteiger partial charge is 0.440 e. The maximum absolute atomic E-state index is 11.8. The molecule has 8 heteroatoms. The van der Waals surface area contributed by atoms with Gasteiger partial charge in [0.15, 0.2) is 17.9 Å². The van der Waals surface area contributed by atoms with Gasteiger partial charge in [0.1, 0.15) is 0 Å². The van der Waals surface area contributed by atoms with Crippen molar-refractivity contribution in [3.63, 3.8) is 0 Å². The lowest BCUT2D eigenvalue weighted by Gasteiger charge is -2.01. The first kappa shape index (κ1) is 11.4. The lowest BCUT2D eigenvalue weighted by Crippen LogP contribution is -2.12. The predicted octanol–water partition coefficient (Wildman–Crippen LogP) is 0.626. The first-order chi connectivity index (χ1) is 8.01. The summed E-state index contributed by atoms with van der Waals surface area (Å²) in [5.74, 6) is 0.128. The molecule has 0 aliphatic heterocycles. The summed E-state index contributed by atoms with van der Waals surface area (Å²) in [4.78, 5) is 10.4. The molecule has 90 valence electrons. The highest BCUT2D eigenvalue weighted by Crippen LogP contribution is 2.16. The van der Waals surface area contributed by atoms with Crippen LogP contribution in [0, 0.1) is 0 Å². The number of hydrogen-bond donors (Lipinski definition) is 1. The van der Waals surface area contributed by atoms with Crippen molar-refractivity contribution >= 4 is 22.1 Å². The smallest absolute Gasteiger partial charge is 0.296 e. The van der Waals surface area contributed by atoms with Crippen LogP contribution in [-0.4, -0.2) is 24.5 Å². The van der Waals surface area contributed by atoms with Crippen molar-refractivity contribution in [1.82, 2.24) is 9.78 Å². The third-order valence-electron chi connectivity index (χ3n) is 1.94. The molecule has 2 rings (SSSR count). The Labute approximate surface area is 97.1 Å². The normalized spacial score (nSPS) is 11.4. The van der Waals surface area contributed by atoms with E-state index in [0.29, 0.717) is 6.29 Å². The monoisotopic (exact) mass is 255 g/mol. The van der Waals surface area contributed by atoms with Gasteiger partial charge in [-0.05, 0) is 12.1 Å². The molecule has 0 aromatic carbocycles. The summed E-state index contributed by atoms with van der Waals surface area (Å²) in [5.41, 5.74) is 0. The number of sulfonamides is 1. The molecule has 1 N–H and O–H groups in total. The van der Waals surface area contributed by atoms with Gasteiger partial charge >= 0.3 is 0 Å². The number of rotatable bonds is 4. The van der Waals surface area contributed by atoms with Crippen LogP contribution in [0.3, 0.4) is 0 Å². The number of aryl methyl sites for hydroxylation is 1. The zero-order chi connectivity index (χ0) is 12.5. The van der Waals surface area contributed by atoms with E-state index in [-0.39, 0.29) is 16.7 Å². The fraction of sp³-hybridized carbons (Fsp3) is 0.111. The summed E-state index contributed by atoms with van der Waals surface area (Å²) in [7, 11) is -2.18. The van der Waals surface area contributed by atoms with E-state index in [1.54, 1.807) is 13.2 Å². The van der Waals surface area contributed by atoms with Crippen LogP contribution in [0.15, 0.2) is 33.9 Å². The van der Waals surface area contributed by atoms with Gasteiger partial charge in [0, 0.05) is 19.3 Å². The molecule has 0 radical (unpaired) electrons. The van der Waals surface area contributed by atoms with Gasteiger partial charge in [-0.15, -0.1) is 0 Å². The Hall–Kier alpha value is -2.09. The molecule has 2 heterocycles. The van der Waals surface area contributed by atoms with Crippen LogP contribution in [0.25, 0.3) is 0 Å². The van der Waals surface area contributed by atoms with Crippen molar-refractivity contribution in [2.24, 2.45) is 7.05 Å². The molecule has 0 spiro atoms. The van der Waals surface area contributed by atoms with Gasteiger partial charge in [0.25, 0.3) is 10.0 Å². The quantitative estimate of drug-likeness (QED) is 0.808. The number of anilines is 1. The van der Waals surface area contributed by atoms with Gasteiger partial charge in [-0.25, -0.2) is 0 Å². The van der Waals surface area contributed by atoms with E-state index in [2.05, 4.69) is 9.82 Å². The minimum absolute atomic E-state index is 0.0496. The minimum atomic E-state index is -3.84. The molecule has 0 atom stereocenters. The summed E-state index contributed by atoms with van der Waals surface area (Å²) in [5, 5.41) is 3.54. The number of nitrogens with one attached hydrogen (secondary N) is 1. The van der Waals surface area contributed by atoms with Crippen molar-refractivity contribution in [2.75, 3.05) is 4.72 Å². The van der Waals surface area contributed by atoms with Crippen LogP contribution in [0.5, 0.6) is 0 Å². The van der Waals surface area contributed by atoms with Gasteiger partial charge in [0.05, 0.1) is 0 Å². The highest BCUT2D eigenvalue weighted by Gasteiger charge is 2.19. The van der Waals surface area contributed by atoms with Crippen molar-refractivity contribution in [3.8, 4) is 0 Å². The zero-order valence-electron chi connectivity index (χ0n) is 8.82. The maximum Gasteiger partial charge on any atom is 0.296 e. The number of aldehydes is 1. The molecule has 0 aliphatic carbocycles. The Morgan fingerprint density at radius 2 is 2.18 bits per heavy atom. The van der Waals surface area contributed by atoms with Gasteiger partial charge in [0.2, 0.25) is 5.09 Å². The minimum Gasteiger partial charge on any atom is -0.440 e. The summed E-state index contributed by atoms with van der Waals surface area (Å²) >= 11 is 0. The van der Waals surface area contributed by atoms with E-state index >= 15 is 0 Å². The molecule has 7 nitrogen and oxygen atoms in total.